The van der Waals surface area contributed by atoms with Gasteiger partial charge in [-0.2, -0.15) is 13.2 Å². The molecule has 1 saturated carbocycles. The summed E-state index contributed by atoms with van der Waals surface area (Å²) < 4.78 is 52.8. The van der Waals surface area contributed by atoms with E-state index in [4.69, 9.17) is 19.2 Å². The Balaban J connectivity index is 1.85. The summed E-state index contributed by atoms with van der Waals surface area (Å²) in [6.07, 6.45) is -2.87. The van der Waals surface area contributed by atoms with Crippen LogP contribution in [0.5, 0.6) is 0 Å². The van der Waals surface area contributed by atoms with Gasteiger partial charge in [0.1, 0.15) is 0 Å². The molecular weight excluding hydrogens is 351 g/mol. The molecule has 0 aromatic rings. The summed E-state index contributed by atoms with van der Waals surface area (Å²) >= 11 is 0. The van der Waals surface area contributed by atoms with Gasteiger partial charge in [0.2, 0.25) is 17.8 Å². The molecule has 26 heavy (non-hydrogen) atoms. The van der Waals surface area contributed by atoms with Crippen LogP contribution in [0.25, 0.3) is 0 Å². The molecule has 3 saturated heterocycles. The Kier molecular flexibility index (Phi) is 4.34. The predicted molar refractivity (Wildman–Crippen MR) is 85.5 cm³/mol. The van der Waals surface area contributed by atoms with Crippen LogP contribution in [-0.2, 0) is 19.2 Å². The van der Waals surface area contributed by atoms with E-state index in [1.165, 1.54) is 0 Å². The van der Waals surface area contributed by atoms with Crippen molar-refractivity contribution >= 4 is 0 Å². The molecule has 4 heterocycles. The number of allylic oxidation sites excluding steroid dienone is 1. The average Bonchev–Trinajstić information content (AvgIpc) is 2.80. The molecule has 4 fully saturated rings. The normalized spacial score (nSPS) is 45.2. The lowest BCUT2D eigenvalue weighted by atomic mass is 9.59. The third kappa shape index (κ3) is 2.60. The Morgan fingerprint density at radius 1 is 1.19 bits per heavy atom. The van der Waals surface area contributed by atoms with Gasteiger partial charge >= 0.3 is 6.18 Å². The summed E-state index contributed by atoms with van der Waals surface area (Å²) in [5.41, 5.74) is -0.794. The van der Waals surface area contributed by atoms with Crippen LogP contribution >= 0.6 is 0 Å². The van der Waals surface area contributed by atoms with Crippen molar-refractivity contribution in [1.29, 1.82) is 0 Å². The van der Waals surface area contributed by atoms with Gasteiger partial charge in [-0.05, 0) is 44.2 Å². The molecular formula is C18H26F3NO4. The Hall–Kier alpha value is -0.830. The quantitative estimate of drug-likeness (QED) is 0.761. The van der Waals surface area contributed by atoms with E-state index in [1.54, 1.807) is 6.92 Å². The van der Waals surface area contributed by atoms with Crippen molar-refractivity contribution in [1.82, 2.24) is 5.32 Å². The molecule has 1 spiro atoms. The fraction of sp³-hybridized carbons (Fsp3) is 0.889. The highest BCUT2D eigenvalue weighted by Gasteiger charge is 2.70. The summed E-state index contributed by atoms with van der Waals surface area (Å²) in [7, 11) is 0. The zero-order valence-corrected chi connectivity index (χ0v) is 15.3. The first kappa shape index (κ1) is 18.5. The van der Waals surface area contributed by atoms with Crippen molar-refractivity contribution in [2.24, 2.45) is 17.8 Å². The van der Waals surface area contributed by atoms with Crippen molar-refractivity contribution in [3.8, 4) is 0 Å². The van der Waals surface area contributed by atoms with E-state index in [2.05, 4.69) is 12.2 Å². The maximum Gasteiger partial charge on any atom is 0.449 e. The number of rotatable bonds is 3. The largest absolute Gasteiger partial charge is 0.456 e. The van der Waals surface area contributed by atoms with Gasteiger partial charge in [-0.25, -0.2) is 9.78 Å². The van der Waals surface area contributed by atoms with Gasteiger partial charge in [0.05, 0.1) is 0 Å². The Labute approximate surface area is 151 Å². The van der Waals surface area contributed by atoms with Crippen LogP contribution < -0.4 is 5.32 Å². The van der Waals surface area contributed by atoms with Crippen molar-refractivity contribution in [3.63, 3.8) is 0 Å². The second-order valence-corrected chi connectivity index (χ2v) is 8.11. The van der Waals surface area contributed by atoms with E-state index >= 15 is 0 Å². The van der Waals surface area contributed by atoms with E-state index in [9.17, 15) is 13.2 Å². The first-order valence-electron chi connectivity index (χ1n) is 9.43. The standard InChI is InChI=1S/C18H26F3NO4/c1-4-22-9-11-13-6-5-10(2)12-7-8-16(3)24-15(17(12,13)26-25-16)23-14(11)18(19,20)21/h10,12-13,15,22H,4-9H2,1-3H3/t10-,12+,13+,15-,16-,17-/m1/s1. The Morgan fingerprint density at radius 3 is 2.65 bits per heavy atom. The first-order chi connectivity index (χ1) is 12.2. The van der Waals surface area contributed by atoms with Gasteiger partial charge < -0.3 is 14.8 Å². The Bertz CT molecular complexity index is 610. The van der Waals surface area contributed by atoms with E-state index in [0.29, 0.717) is 25.3 Å². The number of hydrogen-bond donors (Lipinski definition) is 1. The molecule has 4 aliphatic heterocycles. The lowest BCUT2D eigenvalue weighted by Crippen LogP contribution is -2.67. The third-order valence-corrected chi connectivity index (χ3v) is 6.48. The zero-order valence-electron chi connectivity index (χ0n) is 15.3. The monoisotopic (exact) mass is 377 g/mol. The van der Waals surface area contributed by atoms with Crippen LogP contribution in [0, 0.1) is 17.8 Å². The average molecular weight is 377 g/mol. The highest BCUT2D eigenvalue weighted by molar-refractivity contribution is 5.29. The highest BCUT2D eigenvalue weighted by Crippen LogP contribution is 2.61. The topological polar surface area (TPSA) is 49.0 Å². The van der Waals surface area contributed by atoms with E-state index in [-0.39, 0.29) is 18.0 Å². The van der Waals surface area contributed by atoms with Crippen molar-refractivity contribution in [2.45, 2.75) is 70.3 Å². The van der Waals surface area contributed by atoms with Gasteiger partial charge in [-0.3, -0.25) is 0 Å². The minimum atomic E-state index is -4.57. The summed E-state index contributed by atoms with van der Waals surface area (Å²) in [4.78, 5) is 11.5. The van der Waals surface area contributed by atoms with Crippen LogP contribution in [0.2, 0.25) is 0 Å². The molecule has 0 aromatic heterocycles. The summed E-state index contributed by atoms with van der Waals surface area (Å²) in [5.74, 6) is -2.11. The minimum Gasteiger partial charge on any atom is -0.456 e. The number of fused-ring (bicyclic) bond motifs is 2. The number of halogens is 3. The third-order valence-electron chi connectivity index (χ3n) is 6.48. The first-order valence-corrected chi connectivity index (χ1v) is 9.43. The van der Waals surface area contributed by atoms with Gasteiger partial charge in [0, 0.05) is 24.8 Å². The molecule has 1 N–H and O–H groups in total. The molecule has 8 heteroatoms. The second-order valence-electron chi connectivity index (χ2n) is 8.11. The fourth-order valence-electron chi connectivity index (χ4n) is 5.20. The number of alkyl halides is 3. The van der Waals surface area contributed by atoms with Crippen LogP contribution in [0.15, 0.2) is 11.3 Å². The molecule has 1 aliphatic carbocycles. The van der Waals surface area contributed by atoms with Crippen molar-refractivity contribution in [3.05, 3.63) is 11.3 Å². The minimum absolute atomic E-state index is 0.0296. The fourth-order valence-corrected chi connectivity index (χ4v) is 5.20. The van der Waals surface area contributed by atoms with Gasteiger partial charge in [0.15, 0.2) is 5.60 Å². The lowest BCUT2D eigenvalue weighted by Gasteiger charge is -2.57. The lowest BCUT2D eigenvalue weighted by molar-refractivity contribution is -0.557. The highest BCUT2D eigenvalue weighted by atomic mass is 19.4. The summed E-state index contributed by atoms with van der Waals surface area (Å²) in [6.45, 7) is 6.38. The second kappa shape index (κ2) is 6.09. The maximum absolute atomic E-state index is 13.8. The van der Waals surface area contributed by atoms with Gasteiger partial charge in [-0.1, -0.05) is 13.8 Å². The van der Waals surface area contributed by atoms with E-state index < -0.39 is 35.5 Å². The molecule has 5 rings (SSSR count). The number of ether oxygens (including phenoxy) is 2. The van der Waals surface area contributed by atoms with E-state index in [0.717, 1.165) is 12.8 Å². The van der Waals surface area contributed by atoms with Gasteiger partial charge in [0.25, 0.3) is 0 Å². The van der Waals surface area contributed by atoms with Crippen LogP contribution in [0.3, 0.4) is 0 Å². The number of likely N-dealkylation sites (N-methyl/N-ethyl adjacent to an activating group) is 1. The summed E-state index contributed by atoms with van der Waals surface area (Å²) in [5, 5.41) is 3.03. The van der Waals surface area contributed by atoms with Crippen LogP contribution in [-0.4, -0.2) is 36.9 Å². The van der Waals surface area contributed by atoms with Crippen molar-refractivity contribution in [2.75, 3.05) is 13.1 Å². The van der Waals surface area contributed by atoms with E-state index in [1.807, 2.05) is 6.92 Å². The Morgan fingerprint density at radius 2 is 1.96 bits per heavy atom. The molecule has 148 valence electrons. The maximum atomic E-state index is 13.8. The van der Waals surface area contributed by atoms with Crippen LogP contribution in [0.1, 0.15) is 46.5 Å². The predicted octanol–water partition coefficient (Wildman–Crippen LogP) is 3.66. The molecule has 5 aliphatic rings. The molecule has 5 nitrogen and oxygen atoms in total. The smallest absolute Gasteiger partial charge is 0.449 e. The van der Waals surface area contributed by atoms with Crippen LogP contribution in [0.4, 0.5) is 13.2 Å². The molecule has 0 radical (unpaired) electrons. The molecule has 0 aromatic carbocycles. The van der Waals surface area contributed by atoms with Crippen molar-refractivity contribution < 1.29 is 32.4 Å². The molecule has 6 atom stereocenters. The molecule has 0 unspecified atom stereocenters. The number of nitrogens with one attached hydrogen (secondary N) is 1. The molecule has 2 bridgehead atoms. The number of hydrogen-bond acceptors (Lipinski definition) is 5. The SMILES string of the molecule is CCNCC1=C(C(F)(F)F)O[C@@H]2O[C@@]3(C)CC[C@H]4[C@H](C)CC[C@@H]1[C@@]24OO3. The van der Waals surface area contributed by atoms with Gasteiger partial charge in [-0.15, -0.1) is 0 Å². The summed E-state index contributed by atoms with van der Waals surface area (Å²) in [6, 6.07) is 0. The molecule has 0 amide bonds. The zero-order chi connectivity index (χ0) is 18.7.